The lowest BCUT2D eigenvalue weighted by atomic mass is 9.52. The van der Waals surface area contributed by atoms with Gasteiger partial charge in [0.25, 0.3) is 0 Å². The fraction of sp³-hybridized carbons (Fsp3) is 0.941. The molecule has 5 heteroatoms. The molecule has 2 aliphatic carbocycles. The molecular weight excluding hydrogens is 282 g/mol. The van der Waals surface area contributed by atoms with Gasteiger partial charge >= 0.3 is 5.97 Å². The smallest absolute Gasteiger partial charge is 0.310 e. The van der Waals surface area contributed by atoms with E-state index >= 15 is 0 Å². The number of rotatable bonds is 2. The highest BCUT2D eigenvalue weighted by molar-refractivity contribution is 5.75. The topological polar surface area (TPSA) is 62.3 Å². The number of aliphatic hydroxyl groups excluding tert-OH is 1. The van der Waals surface area contributed by atoms with Crippen molar-refractivity contribution in [1.29, 1.82) is 0 Å². The predicted octanol–water partition coefficient (Wildman–Crippen LogP) is 1.05. The van der Waals surface area contributed by atoms with Gasteiger partial charge in [0.2, 0.25) is 0 Å². The van der Waals surface area contributed by atoms with Crippen LogP contribution in [0.4, 0.5) is 0 Å². The van der Waals surface area contributed by atoms with Gasteiger partial charge in [-0.25, -0.2) is 0 Å². The zero-order valence-electron chi connectivity index (χ0n) is 13.7. The number of carbonyl (C=O) groups is 1. The van der Waals surface area contributed by atoms with E-state index in [4.69, 9.17) is 9.47 Å². The molecule has 2 aliphatic heterocycles. The fourth-order valence-corrected chi connectivity index (χ4v) is 5.51. The maximum Gasteiger partial charge on any atom is 0.310 e. The van der Waals surface area contributed by atoms with E-state index in [0.717, 1.165) is 32.2 Å². The van der Waals surface area contributed by atoms with Crippen molar-refractivity contribution in [2.24, 2.45) is 23.2 Å². The van der Waals surface area contributed by atoms with Crippen LogP contribution in [0.5, 0.6) is 0 Å². The SMILES string of the molecule is CN(C)C[C@@H]1C(=O)O[C@@H]2C[C@@]3(C)CC[C@@H](O)[C@]4(CO4)[C@@H]3C[C@H]12. The lowest BCUT2D eigenvalue weighted by Gasteiger charge is -2.53. The van der Waals surface area contributed by atoms with Crippen molar-refractivity contribution in [1.82, 2.24) is 4.90 Å². The molecule has 124 valence electrons. The van der Waals surface area contributed by atoms with Crippen LogP contribution in [-0.4, -0.2) is 61.0 Å². The summed E-state index contributed by atoms with van der Waals surface area (Å²) in [6.07, 6.45) is 3.40. The van der Waals surface area contributed by atoms with Gasteiger partial charge in [-0.1, -0.05) is 6.92 Å². The van der Waals surface area contributed by atoms with Gasteiger partial charge in [-0.3, -0.25) is 4.79 Å². The quantitative estimate of drug-likeness (QED) is 0.610. The van der Waals surface area contributed by atoms with E-state index in [2.05, 4.69) is 11.8 Å². The molecule has 2 heterocycles. The second-order valence-electron chi connectivity index (χ2n) is 8.45. The highest BCUT2D eigenvalue weighted by Gasteiger charge is 2.68. The number of nitrogens with zero attached hydrogens (tertiary/aromatic N) is 1. The van der Waals surface area contributed by atoms with Crippen LogP contribution in [0.3, 0.4) is 0 Å². The van der Waals surface area contributed by atoms with Gasteiger partial charge < -0.3 is 19.5 Å². The maximum absolute atomic E-state index is 12.3. The van der Waals surface area contributed by atoms with Crippen LogP contribution in [0.15, 0.2) is 0 Å². The third-order valence-corrected chi connectivity index (χ3v) is 6.76. The first-order valence-electron chi connectivity index (χ1n) is 8.53. The molecular formula is C17H27NO4. The Kier molecular flexibility index (Phi) is 3.17. The molecule has 0 radical (unpaired) electrons. The highest BCUT2D eigenvalue weighted by Crippen LogP contribution is 2.62. The molecule has 2 saturated heterocycles. The molecule has 22 heavy (non-hydrogen) atoms. The van der Waals surface area contributed by atoms with Crippen LogP contribution in [-0.2, 0) is 14.3 Å². The van der Waals surface area contributed by atoms with Crippen molar-refractivity contribution >= 4 is 5.97 Å². The summed E-state index contributed by atoms with van der Waals surface area (Å²) in [6, 6.07) is 0. The Balaban J connectivity index is 1.61. The van der Waals surface area contributed by atoms with Crippen molar-refractivity contribution in [2.75, 3.05) is 27.2 Å². The Hall–Kier alpha value is -0.650. The van der Waals surface area contributed by atoms with Crippen LogP contribution in [0.25, 0.3) is 0 Å². The number of esters is 1. The zero-order chi connectivity index (χ0) is 15.7. The summed E-state index contributed by atoms with van der Waals surface area (Å²) >= 11 is 0. The predicted molar refractivity (Wildman–Crippen MR) is 80.2 cm³/mol. The molecule has 0 amide bonds. The molecule has 4 fully saturated rings. The molecule has 0 bridgehead atoms. The van der Waals surface area contributed by atoms with Crippen LogP contribution in [0, 0.1) is 23.2 Å². The lowest BCUT2D eigenvalue weighted by Crippen LogP contribution is -2.56. The summed E-state index contributed by atoms with van der Waals surface area (Å²) < 4.78 is 11.5. The number of fused-ring (bicyclic) bond motifs is 3. The van der Waals surface area contributed by atoms with E-state index in [1.807, 2.05) is 14.1 Å². The summed E-state index contributed by atoms with van der Waals surface area (Å²) in [4.78, 5) is 14.4. The molecule has 0 aromatic rings. The Morgan fingerprint density at radius 2 is 2.14 bits per heavy atom. The largest absolute Gasteiger partial charge is 0.462 e. The van der Waals surface area contributed by atoms with Gasteiger partial charge in [0.15, 0.2) is 0 Å². The maximum atomic E-state index is 12.3. The highest BCUT2D eigenvalue weighted by atomic mass is 16.6. The summed E-state index contributed by atoms with van der Waals surface area (Å²) in [7, 11) is 4.01. The Labute approximate surface area is 131 Å². The second kappa shape index (κ2) is 4.68. The van der Waals surface area contributed by atoms with E-state index in [1.54, 1.807) is 0 Å². The number of epoxide rings is 1. The number of aliphatic hydroxyl groups is 1. The molecule has 2 saturated carbocycles. The van der Waals surface area contributed by atoms with Crippen molar-refractivity contribution in [2.45, 2.75) is 50.4 Å². The van der Waals surface area contributed by atoms with Gasteiger partial charge in [-0.05, 0) is 51.1 Å². The first-order chi connectivity index (χ1) is 10.4. The first kappa shape index (κ1) is 14.9. The van der Waals surface area contributed by atoms with Crippen molar-refractivity contribution in [3.63, 3.8) is 0 Å². The zero-order valence-corrected chi connectivity index (χ0v) is 13.7. The molecule has 5 nitrogen and oxygen atoms in total. The summed E-state index contributed by atoms with van der Waals surface area (Å²) in [5, 5.41) is 10.4. The molecule has 0 aromatic carbocycles. The van der Waals surface area contributed by atoms with E-state index in [-0.39, 0.29) is 41.0 Å². The number of hydrogen-bond acceptors (Lipinski definition) is 5. The Bertz CT molecular complexity index is 489. The number of hydrogen-bond donors (Lipinski definition) is 1. The molecule has 7 atom stereocenters. The van der Waals surface area contributed by atoms with Gasteiger partial charge in [-0.15, -0.1) is 0 Å². The molecule has 4 aliphatic rings. The van der Waals surface area contributed by atoms with E-state index in [9.17, 15) is 9.90 Å². The van der Waals surface area contributed by atoms with Gasteiger partial charge in [0.1, 0.15) is 11.7 Å². The Morgan fingerprint density at radius 1 is 1.41 bits per heavy atom. The van der Waals surface area contributed by atoms with E-state index in [0.29, 0.717) is 12.5 Å². The van der Waals surface area contributed by atoms with Crippen molar-refractivity contribution in [3.8, 4) is 0 Å². The van der Waals surface area contributed by atoms with Crippen molar-refractivity contribution in [3.05, 3.63) is 0 Å². The Morgan fingerprint density at radius 3 is 2.77 bits per heavy atom. The summed E-state index contributed by atoms with van der Waals surface area (Å²) in [6.45, 7) is 3.73. The molecule has 4 rings (SSSR count). The fourth-order valence-electron chi connectivity index (χ4n) is 5.51. The van der Waals surface area contributed by atoms with Gasteiger partial charge in [0, 0.05) is 12.5 Å². The molecule has 0 aromatic heterocycles. The van der Waals surface area contributed by atoms with E-state index < -0.39 is 0 Å². The van der Waals surface area contributed by atoms with Gasteiger partial charge in [0.05, 0.1) is 18.6 Å². The molecule has 1 spiro atoms. The van der Waals surface area contributed by atoms with Crippen LogP contribution in [0.1, 0.15) is 32.6 Å². The third kappa shape index (κ3) is 1.98. The average Bonchev–Trinajstić information content (AvgIpc) is 3.17. The van der Waals surface area contributed by atoms with Gasteiger partial charge in [-0.2, -0.15) is 0 Å². The first-order valence-corrected chi connectivity index (χ1v) is 8.53. The number of carbonyl (C=O) groups excluding carboxylic acids is 1. The minimum Gasteiger partial charge on any atom is -0.462 e. The second-order valence-corrected chi connectivity index (χ2v) is 8.45. The van der Waals surface area contributed by atoms with Crippen molar-refractivity contribution < 1.29 is 19.4 Å². The summed E-state index contributed by atoms with van der Waals surface area (Å²) in [5.41, 5.74) is -0.198. The third-order valence-electron chi connectivity index (χ3n) is 6.76. The summed E-state index contributed by atoms with van der Waals surface area (Å²) in [5.74, 6) is 0.570. The normalized spacial score (nSPS) is 53.3. The minimum atomic E-state index is -0.340. The molecule has 1 N–H and O–H groups in total. The monoisotopic (exact) mass is 309 g/mol. The lowest BCUT2D eigenvalue weighted by molar-refractivity contribution is -0.149. The van der Waals surface area contributed by atoms with Crippen LogP contribution < -0.4 is 0 Å². The number of ether oxygens (including phenoxy) is 2. The standard InChI is InChI=1S/C17H27NO4/c1-16-5-4-14(19)17(9-21-17)13(16)6-10-11(8-18(2)3)15(20)22-12(10)7-16/h10-14,19H,4-9H2,1-3H3/t10-,11+,12-,13-,14-,16-,17+/m1/s1. The van der Waals surface area contributed by atoms with Crippen LogP contribution in [0.2, 0.25) is 0 Å². The molecule has 0 unspecified atom stereocenters. The van der Waals surface area contributed by atoms with E-state index in [1.165, 1.54) is 0 Å². The minimum absolute atomic E-state index is 0.0283. The van der Waals surface area contributed by atoms with Crippen LogP contribution >= 0.6 is 0 Å². The average molecular weight is 309 g/mol.